The maximum absolute atomic E-state index is 11.9. The van der Waals surface area contributed by atoms with Crippen molar-refractivity contribution >= 4 is 33.9 Å². The van der Waals surface area contributed by atoms with Gasteiger partial charge in [0.25, 0.3) is 4.84 Å². The Hall–Kier alpha value is -1.35. The zero-order valence-corrected chi connectivity index (χ0v) is 13.7. The third-order valence-corrected chi connectivity index (χ3v) is 4.76. The molecule has 2 aromatic rings. The lowest BCUT2D eigenvalue weighted by atomic mass is 10.0. The molecular weight excluding hydrogens is 372 g/mol. The Kier molecular flexibility index (Phi) is 3.48. The molecule has 3 heterocycles. The smallest absolute Gasteiger partial charge is 0.287 e. The van der Waals surface area contributed by atoms with E-state index < -0.39 is 6.29 Å². The summed E-state index contributed by atoms with van der Waals surface area (Å²) in [4.78, 5) is 12.1. The molecule has 2 aliphatic heterocycles. The Morgan fingerprint density at radius 2 is 2.18 bits per heavy atom. The molecule has 114 valence electrons. The molecule has 0 radical (unpaired) electrons. The first-order valence-electron chi connectivity index (χ1n) is 6.78. The van der Waals surface area contributed by atoms with Crippen LogP contribution in [0.2, 0.25) is 0 Å². The van der Waals surface area contributed by atoms with Crippen LogP contribution in [-0.4, -0.2) is 34.6 Å². The number of carbonyl (C=O) groups is 1. The van der Waals surface area contributed by atoms with E-state index in [1.807, 2.05) is 24.3 Å². The molecule has 0 amide bonds. The molecule has 4 rings (SSSR count). The number of fused-ring (bicyclic) bond motifs is 2. The van der Waals surface area contributed by atoms with E-state index in [9.17, 15) is 4.79 Å². The van der Waals surface area contributed by atoms with Gasteiger partial charge < -0.3 is 13.9 Å². The van der Waals surface area contributed by atoms with Crippen LogP contribution in [0.4, 0.5) is 0 Å². The number of ketones is 1. The molecule has 2 aliphatic rings. The summed E-state index contributed by atoms with van der Waals surface area (Å²) in [6, 6.07) is 7.28. The number of rotatable bonds is 2. The standard InChI is InChI=1S/C14H11BrN2O4S/c15-8-4-2-1-3-7(8)12-16-17(14(22)21-12)9-5-10(18)13-19-6-11(9)20-13/h1-4,9,11,13H,5-6H2/t9-,11-,13-/m1/s1. The van der Waals surface area contributed by atoms with Crippen LogP contribution in [-0.2, 0) is 14.3 Å². The van der Waals surface area contributed by atoms with Crippen LogP contribution in [0.5, 0.6) is 0 Å². The van der Waals surface area contributed by atoms with E-state index in [2.05, 4.69) is 21.0 Å². The second-order valence-corrected chi connectivity index (χ2v) is 6.38. The monoisotopic (exact) mass is 382 g/mol. The first-order chi connectivity index (χ1) is 10.6. The van der Waals surface area contributed by atoms with Crippen LogP contribution in [0.1, 0.15) is 12.5 Å². The van der Waals surface area contributed by atoms with Gasteiger partial charge in [-0.1, -0.05) is 12.1 Å². The molecule has 1 aromatic carbocycles. The lowest BCUT2D eigenvalue weighted by Gasteiger charge is -2.25. The zero-order valence-electron chi connectivity index (χ0n) is 11.3. The molecule has 3 atom stereocenters. The summed E-state index contributed by atoms with van der Waals surface area (Å²) in [5.41, 5.74) is 0.802. The molecule has 2 bridgehead atoms. The lowest BCUT2D eigenvalue weighted by molar-refractivity contribution is -0.156. The number of carbonyl (C=O) groups excluding carboxylic acids is 1. The van der Waals surface area contributed by atoms with Crippen molar-refractivity contribution < 1.29 is 18.7 Å². The minimum atomic E-state index is -0.731. The summed E-state index contributed by atoms with van der Waals surface area (Å²) in [5.74, 6) is 0.317. The highest BCUT2D eigenvalue weighted by molar-refractivity contribution is 9.10. The molecule has 0 N–H and O–H groups in total. The molecule has 22 heavy (non-hydrogen) atoms. The summed E-state index contributed by atoms with van der Waals surface area (Å²) in [5, 5.41) is 4.44. The van der Waals surface area contributed by atoms with Gasteiger partial charge in [-0.15, -0.1) is 5.10 Å². The average Bonchev–Trinajstić information content (AvgIpc) is 3.09. The molecule has 0 spiro atoms. The van der Waals surface area contributed by atoms with Crippen LogP contribution in [0, 0.1) is 4.84 Å². The van der Waals surface area contributed by atoms with Gasteiger partial charge in [0.15, 0.2) is 5.78 Å². The number of hydrogen-bond acceptors (Lipinski definition) is 6. The first kappa shape index (κ1) is 14.3. The summed E-state index contributed by atoms with van der Waals surface area (Å²) < 4.78 is 18.9. The fraction of sp³-hybridized carbons (Fsp3) is 0.357. The van der Waals surface area contributed by atoms with Gasteiger partial charge in [0.05, 0.1) is 18.2 Å². The van der Waals surface area contributed by atoms with Gasteiger partial charge >= 0.3 is 0 Å². The van der Waals surface area contributed by atoms with Crippen molar-refractivity contribution in [3.05, 3.63) is 33.6 Å². The van der Waals surface area contributed by atoms with Gasteiger partial charge in [-0.25, -0.2) is 4.68 Å². The van der Waals surface area contributed by atoms with Crippen molar-refractivity contribution in [3.8, 4) is 11.5 Å². The molecule has 0 aliphatic carbocycles. The second-order valence-electron chi connectivity index (χ2n) is 5.18. The van der Waals surface area contributed by atoms with Crippen LogP contribution < -0.4 is 0 Å². The lowest BCUT2D eigenvalue weighted by Crippen LogP contribution is -2.37. The SMILES string of the molecule is O=C1C[C@@H](n2nc(-c3ccccc3Br)oc2=S)[C@H]2CO[C@@H]1O2. The number of nitrogens with zero attached hydrogens (tertiary/aromatic N) is 2. The number of hydrogen-bond donors (Lipinski definition) is 0. The molecule has 2 fully saturated rings. The highest BCUT2D eigenvalue weighted by Gasteiger charge is 2.45. The van der Waals surface area contributed by atoms with Gasteiger partial charge in [0.1, 0.15) is 6.10 Å². The van der Waals surface area contributed by atoms with E-state index >= 15 is 0 Å². The van der Waals surface area contributed by atoms with Crippen LogP contribution >= 0.6 is 28.1 Å². The van der Waals surface area contributed by atoms with Crippen LogP contribution in [0.3, 0.4) is 0 Å². The van der Waals surface area contributed by atoms with Gasteiger partial charge in [0, 0.05) is 10.9 Å². The topological polar surface area (TPSA) is 66.5 Å². The van der Waals surface area contributed by atoms with E-state index in [-0.39, 0.29) is 29.2 Å². The van der Waals surface area contributed by atoms with Gasteiger partial charge in [-0.2, -0.15) is 0 Å². The molecule has 6 nitrogen and oxygen atoms in total. The Morgan fingerprint density at radius 1 is 1.36 bits per heavy atom. The van der Waals surface area contributed by atoms with E-state index in [1.54, 1.807) is 4.68 Å². The Labute approximate surface area is 139 Å². The van der Waals surface area contributed by atoms with Crippen LogP contribution in [0.25, 0.3) is 11.5 Å². The van der Waals surface area contributed by atoms with Crippen molar-refractivity contribution in [1.29, 1.82) is 0 Å². The summed E-state index contributed by atoms with van der Waals surface area (Å²) in [6.07, 6.45) is -0.678. The molecule has 2 saturated heterocycles. The quantitative estimate of drug-likeness (QED) is 0.743. The highest BCUT2D eigenvalue weighted by atomic mass is 79.9. The summed E-state index contributed by atoms with van der Waals surface area (Å²) in [7, 11) is 0. The summed E-state index contributed by atoms with van der Waals surface area (Å²) in [6.45, 7) is 0.361. The van der Waals surface area contributed by atoms with Gasteiger partial charge in [-0.05, 0) is 40.3 Å². The number of benzene rings is 1. The van der Waals surface area contributed by atoms with Gasteiger partial charge in [0.2, 0.25) is 12.2 Å². The van der Waals surface area contributed by atoms with E-state index in [4.69, 9.17) is 26.1 Å². The number of aromatic nitrogens is 2. The third kappa shape index (κ3) is 2.26. The van der Waals surface area contributed by atoms with Crippen molar-refractivity contribution in [2.75, 3.05) is 6.61 Å². The fourth-order valence-corrected chi connectivity index (χ4v) is 3.42. The van der Waals surface area contributed by atoms with Crippen molar-refractivity contribution in [1.82, 2.24) is 9.78 Å². The van der Waals surface area contributed by atoms with Gasteiger partial charge in [-0.3, -0.25) is 4.79 Å². The normalized spacial score (nSPS) is 27.3. The molecule has 1 aromatic heterocycles. The molecule has 0 unspecified atom stereocenters. The van der Waals surface area contributed by atoms with Crippen molar-refractivity contribution in [3.63, 3.8) is 0 Å². The van der Waals surface area contributed by atoms with Crippen LogP contribution in [0.15, 0.2) is 33.2 Å². The molecule has 0 saturated carbocycles. The zero-order chi connectivity index (χ0) is 15.3. The predicted octanol–water partition coefficient (Wildman–Crippen LogP) is 2.89. The fourth-order valence-electron chi connectivity index (χ4n) is 2.71. The largest absolute Gasteiger partial charge is 0.409 e. The summed E-state index contributed by atoms with van der Waals surface area (Å²) >= 11 is 8.72. The molecule has 8 heteroatoms. The van der Waals surface area contributed by atoms with E-state index in [0.717, 1.165) is 10.0 Å². The minimum absolute atomic E-state index is 0.0916. The Bertz CT molecular complexity index is 802. The Morgan fingerprint density at radius 3 is 3.00 bits per heavy atom. The first-order valence-corrected chi connectivity index (χ1v) is 7.98. The maximum Gasteiger partial charge on any atom is 0.287 e. The highest BCUT2D eigenvalue weighted by Crippen LogP contribution is 2.34. The average molecular weight is 383 g/mol. The number of ether oxygens (including phenoxy) is 2. The van der Waals surface area contributed by atoms with Crippen molar-refractivity contribution in [2.24, 2.45) is 0 Å². The second kappa shape index (κ2) is 5.38. The van der Waals surface area contributed by atoms with E-state index in [1.165, 1.54) is 0 Å². The van der Waals surface area contributed by atoms with Crippen molar-refractivity contribution in [2.45, 2.75) is 24.9 Å². The Balaban J connectivity index is 1.73. The molecular formula is C14H11BrN2O4S. The number of Topliss-reactive ketones (excluding diaryl/α,β-unsaturated/α-hetero) is 1. The predicted molar refractivity (Wildman–Crippen MR) is 81.7 cm³/mol. The maximum atomic E-state index is 11.9. The minimum Gasteiger partial charge on any atom is -0.409 e. The van der Waals surface area contributed by atoms with E-state index in [0.29, 0.717) is 12.5 Å². The third-order valence-electron chi connectivity index (χ3n) is 3.80. The number of halogens is 1.